The SMILES string of the molecule is O=C(O)c1cc(-c2cc[c]cc2)cc([N+](=O)[O-])c1. The molecule has 0 atom stereocenters. The summed E-state index contributed by atoms with van der Waals surface area (Å²) >= 11 is 0. The molecule has 0 aromatic heterocycles. The van der Waals surface area contributed by atoms with E-state index >= 15 is 0 Å². The molecule has 0 aliphatic heterocycles. The molecule has 0 bridgehead atoms. The van der Waals surface area contributed by atoms with Gasteiger partial charge in [-0.3, -0.25) is 10.1 Å². The topological polar surface area (TPSA) is 80.4 Å². The fourth-order valence-electron chi connectivity index (χ4n) is 1.59. The number of nitrogens with zero attached hydrogens (tertiary/aromatic N) is 1. The Bertz CT molecular complexity index is 575. The van der Waals surface area contributed by atoms with E-state index in [4.69, 9.17) is 5.11 Å². The van der Waals surface area contributed by atoms with Crippen LogP contribution in [-0.4, -0.2) is 16.0 Å². The van der Waals surface area contributed by atoms with Gasteiger partial charge in [-0.2, -0.15) is 0 Å². The summed E-state index contributed by atoms with van der Waals surface area (Å²) in [6.45, 7) is 0. The lowest BCUT2D eigenvalue weighted by atomic mass is 10.0. The Kier molecular flexibility index (Phi) is 3.05. The number of aromatic carboxylic acids is 1. The Morgan fingerprint density at radius 2 is 1.83 bits per heavy atom. The third kappa shape index (κ3) is 2.35. The molecule has 2 rings (SSSR count). The third-order valence-corrected chi connectivity index (χ3v) is 2.43. The summed E-state index contributed by atoms with van der Waals surface area (Å²) < 4.78 is 0. The first kappa shape index (κ1) is 11.8. The van der Waals surface area contributed by atoms with Crippen molar-refractivity contribution in [2.24, 2.45) is 0 Å². The molecule has 1 N–H and O–H groups in total. The van der Waals surface area contributed by atoms with E-state index in [0.29, 0.717) is 11.1 Å². The van der Waals surface area contributed by atoms with Crippen LogP contribution in [0.3, 0.4) is 0 Å². The quantitative estimate of drug-likeness (QED) is 0.662. The first-order valence-corrected chi connectivity index (χ1v) is 5.07. The molecule has 5 heteroatoms. The molecule has 0 spiro atoms. The minimum Gasteiger partial charge on any atom is -0.478 e. The Hall–Kier alpha value is -2.69. The number of benzene rings is 2. The van der Waals surface area contributed by atoms with Gasteiger partial charge in [0.15, 0.2) is 0 Å². The van der Waals surface area contributed by atoms with Crippen molar-refractivity contribution >= 4 is 11.7 Å². The van der Waals surface area contributed by atoms with Crippen LogP contribution in [-0.2, 0) is 0 Å². The van der Waals surface area contributed by atoms with Crippen molar-refractivity contribution in [1.82, 2.24) is 0 Å². The van der Waals surface area contributed by atoms with E-state index in [1.54, 1.807) is 24.3 Å². The first-order valence-electron chi connectivity index (χ1n) is 5.07. The maximum Gasteiger partial charge on any atom is 0.335 e. The smallest absolute Gasteiger partial charge is 0.335 e. The number of nitro benzene ring substituents is 1. The molecule has 2 aromatic rings. The Morgan fingerprint density at radius 3 is 2.39 bits per heavy atom. The van der Waals surface area contributed by atoms with Gasteiger partial charge in [0.2, 0.25) is 0 Å². The van der Waals surface area contributed by atoms with E-state index in [0.717, 1.165) is 6.07 Å². The van der Waals surface area contributed by atoms with Crippen LogP contribution in [0.5, 0.6) is 0 Å². The maximum atomic E-state index is 10.9. The first-order chi connectivity index (χ1) is 8.58. The van der Waals surface area contributed by atoms with Gasteiger partial charge >= 0.3 is 5.97 Å². The van der Waals surface area contributed by atoms with Gasteiger partial charge in [0.1, 0.15) is 0 Å². The minimum absolute atomic E-state index is 0.105. The molecule has 0 amide bonds. The van der Waals surface area contributed by atoms with Crippen LogP contribution < -0.4 is 0 Å². The normalized spacial score (nSPS) is 10.0. The predicted octanol–water partition coefficient (Wildman–Crippen LogP) is 2.76. The van der Waals surface area contributed by atoms with Crippen LogP contribution in [0.4, 0.5) is 5.69 Å². The van der Waals surface area contributed by atoms with Crippen molar-refractivity contribution in [3.8, 4) is 11.1 Å². The molecule has 0 saturated heterocycles. The number of carboxylic acids is 1. The Morgan fingerprint density at radius 1 is 1.17 bits per heavy atom. The molecular weight excluding hydrogens is 234 g/mol. The highest BCUT2D eigenvalue weighted by molar-refractivity contribution is 5.90. The summed E-state index contributed by atoms with van der Waals surface area (Å²) in [5.74, 6) is -1.19. The zero-order valence-corrected chi connectivity index (χ0v) is 9.16. The average Bonchev–Trinajstić information content (AvgIpc) is 2.39. The summed E-state index contributed by atoms with van der Waals surface area (Å²) in [5, 5.41) is 19.7. The Labute approximate surface area is 102 Å². The predicted molar refractivity (Wildman–Crippen MR) is 64.3 cm³/mol. The van der Waals surface area contributed by atoms with Crippen LogP contribution in [0.25, 0.3) is 11.1 Å². The van der Waals surface area contributed by atoms with Crippen LogP contribution >= 0.6 is 0 Å². The molecule has 0 saturated carbocycles. The molecule has 18 heavy (non-hydrogen) atoms. The molecule has 1 radical (unpaired) electrons. The van der Waals surface area contributed by atoms with Gasteiger partial charge in [-0.15, -0.1) is 0 Å². The summed E-state index contributed by atoms with van der Waals surface area (Å²) in [7, 11) is 0. The van der Waals surface area contributed by atoms with E-state index < -0.39 is 10.9 Å². The van der Waals surface area contributed by atoms with Crippen molar-refractivity contribution in [3.05, 3.63) is 64.2 Å². The van der Waals surface area contributed by atoms with Crippen molar-refractivity contribution in [2.75, 3.05) is 0 Å². The van der Waals surface area contributed by atoms with Gasteiger partial charge in [0, 0.05) is 12.1 Å². The summed E-state index contributed by atoms with van der Waals surface area (Å²) in [5.41, 5.74) is 0.861. The molecule has 5 nitrogen and oxygen atoms in total. The van der Waals surface area contributed by atoms with Crippen LogP contribution in [0.15, 0.2) is 42.5 Å². The van der Waals surface area contributed by atoms with Crippen LogP contribution in [0.1, 0.15) is 10.4 Å². The standard InChI is InChI=1S/C13H8NO4/c15-13(16)11-6-10(7-12(8-11)14(17)18)9-4-2-1-3-5-9/h2-8H,(H,15,16). The number of hydrogen-bond acceptors (Lipinski definition) is 3. The van der Waals surface area contributed by atoms with E-state index in [-0.39, 0.29) is 11.3 Å². The van der Waals surface area contributed by atoms with Crippen molar-refractivity contribution in [1.29, 1.82) is 0 Å². The largest absolute Gasteiger partial charge is 0.478 e. The highest BCUT2D eigenvalue weighted by Crippen LogP contribution is 2.25. The van der Waals surface area contributed by atoms with E-state index in [9.17, 15) is 14.9 Å². The molecule has 0 fully saturated rings. The fraction of sp³-hybridized carbons (Fsp3) is 0. The number of carbonyl (C=O) groups is 1. The molecule has 89 valence electrons. The lowest BCUT2D eigenvalue weighted by molar-refractivity contribution is -0.384. The van der Waals surface area contributed by atoms with Crippen molar-refractivity contribution < 1.29 is 14.8 Å². The van der Waals surface area contributed by atoms with Crippen molar-refractivity contribution in [2.45, 2.75) is 0 Å². The molecule has 2 aromatic carbocycles. The van der Waals surface area contributed by atoms with E-state index in [1.165, 1.54) is 12.1 Å². The summed E-state index contributed by atoms with van der Waals surface area (Å²) in [6.07, 6.45) is 0. The number of non-ortho nitro benzene ring substituents is 1. The number of nitro groups is 1. The minimum atomic E-state index is -1.19. The molecule has 0 unspecified atom stereocenters. The van der Waals surface area contributed by atoms with Gasteiger partial charge in [-0.05, 0) is 23.3 Å². The molecule has 0 aliphatic rings. The van der Waals surface area contributed by atoms with E-state index in [2.05, 4.69) is 6.07 Å². The number of rotatable bonds is 3. The number of carboxylic acid groups (broad SMARTS) is 1. The fourth-order valence-corrected chi connectivity index (χ4v) is 1.59. The van der Waals surface area contributed by atoms with Gasteiger partial charge in [0.25, 0.3) is 5.69 Å². The maximum absolute atomic E-state index is 10.9. The van der Waals surface area contributed by atoms with Gasteiger partial charge in [-0.1, -0.05) is 24.3 Å². The molecule has 0 aliphatic carbocycles. The van der Waals surface area contributed by atoms with Crippen LogP contribution in [0, 0.1) is 16.2 Å². The van der Waals surface area contributed by atoms with E-state index in [1.807, 2.05) is 0 Å². The average molecular weight is 242 g/mol. The molecular formula is C13H8NO4. The second-order valence-electron chi connectivity index (χ2n) is 3.62. The second kappa shape index (κ2) is 4.67. The Balaban J connectivity index is 2.61. The summed E-state index contributed by atoms with van der Waals surface area (Å²) in [6, 6.07) is 13.4. The van der Waals surface area contributed by atoms with Gasteiger partial charge in [0.05, 0.1) is 10.5 Å². The highest BCUT2D eigenvalue weighted by atomic mass is 16.6. The zero-order valence-electron chi connectivity index (χ0n) is 9.16. The highest BCUT2D eigenvalue weighted by Gasteiger charge is 2.14. The lowest BCUT2D eigenvalue weighted by Crippen LogP contribution is -1.99. The van der Waals surface area contributed by atoms with Gasteiger partial charge in [-0.25, -0.2) is 4.79 Å². The third-order valence-electron chi connectivity index (χ3n) is 2.43. The zero-order chi connectivity index (χ0) is 13.1. The molecule has 0 heterocycles. The monoisotopic (exact) mass is 242 g/mol. The summed E-state index contributed by atoms with van der Waals surface area (Å²) in [4.78, 5) is 21.1. The van der Waals surface area contributed by atoms with Crippen LogP contribution in [0.2, 0.25) is 0 Å². The lowest BCUT2D eigenvalue weighted by Gasteiger charge is -2.03. The van der Waals surface area contributed by atoms with Crippen molar-refractivity contribution in [3.63, 3.8) is 0 Å². The van der Waals surface area contributed by atoms with Gasteiger partial charge < -0.3 is 5.11 Å². The number of hydrogen-bond donors (Lipinski definition) is 1. The second-order valence-corrected chi connectivity index (χ2v) is 3.62.